The van der Waals surface area contributed by atoms with Gasteiger partial charge in [0.1, 0.15) is 23.0 Å². The van der Waals surface area contributed by atoms with Gasteiger partial charge in [0, 0.05) is 36.7 Å². The van der Waals surface area contributed by atoms with Crippen LogP contribution in [-0.4, -0.2) is 19.1 Å². The van der Waals surface area contributed by atoms with Crippen LogP contribution >= 0.6 is 11.6 Å². The molecular weight excluding hydrogens is 435 g/mol. The molecule has 4 rings (SSSR count). The molecule has 0 bridgehead atoms. The zero-order valence-electron chi connectivity index (χ0n) is 17.5. The molecule has 0 spiro atoms. The zero-order chi connectivity index (χ0) is 22.8. The molecule has 0 fully saturated rings. The molecular formula is C23H20ClFN4O3. The molecule has 3 aromatic heterocycles. The number of nitrogens with zero attached hydrogens (tertiary/aromatic N) is 4. The summed E-state index contributed by atoms with van der Waals surface area (Å²) in [6, 6.07) is 8.38. The van der Waals surface area contributed by atoms with E-state index in [0.29, 0.717) is 23.4 Å². The summed E-state index contributed by atoms with van der Waals surface area (Å²) in [6.45, 7) is 2.17. The number of ether oxygens (including phenoxy) is 1. The normalized spacial score (nSPS) is 11.1. The standard InChI is InChI=1S/C23H20ClFN4O3/c1-3-8-29-22(30)20-18(9-14-4-6-15(24)7-5-14)19(13-27-21(20)28(2)23(29)31)32-17-10-16(25)11-26-12-17/h4-7,10-13H,3,8-9H2,1-2H3. The first-order valence-corrected chi connectivity index (χ1v) is 10.4. The molecule has 0 radical (unpaired) electrons. The molecule has 0 unspecified atom stereocenters. The number of fused-ring (bicyclic) bond motifs is 1. The highest BCUT2D eigenvalue weighted by Crippen LogP contribution is 2.30. The summed E-state index contributed by atoms with van der Waals surface area (Å²) in [7, 11) is 1.58. The van der Waals surface area contributed by atoms with Crippen molar-refractivity contribution >= 4 is 22.6 Å². The van der Waals surface area contributed by atoms with E-state index in [-0.39, 0.29) is 29.1 Å². The maximum absolute atomic E-state index is 13.6. The smallest absolute Gasteiger partial charge is 0.332 e. The molecule has 164 valence electrons. The number of pyridine rings is 2. The van der Waals surface area contributed by atoms with Crippen LogP contribution in [-0.2, 0) is 20.0 Å². The van der Waals surface area contributed by atoms with Gasteiger partial charge in [-0.2, -0.15) is 0 Å². The van der Waals surface area contributed by atoms with E-state index in [2.05, 4.69) is 9.97 Å². The molecule has 9 heteroatoms. The van der Waals surface area contributed by atoms with Crippen LogP contribution in [0.3, 0.4) is 0 Å². The van der Waals surface area contributed by atoms with Crippen LogP contribution in [0.1, 0.15) is 24.5 Å². The second-order valence-corrected chi connectivity index (χ2v) is 7.78. The third-order valence-corrected chi connectivity index (χ3v) is 5.32. The Bertz CT molecular complexity index is 1410. The largest absolute Gasteiger partial charge is 0.454 e. The van der Waals surface area contributed by atoms with Crippen molar-refractivity contribution in [2.45, 2.75) is 26.3 Å². The molecule has 0 N–H and O–H groups in total. The molecule has 3 heterocycles. The van der Waals surface area contributed by atoms with Gasteiger partial charge >= 0.3 is 5.69 Å². The first kappa shape index (κ1) is 21.7. The summed E-state index contributed by atoms with van der Waals surface area (Å²) in [4.78, 5) is 34.2. The van der Waals surface area contributed by atoms with Gasteiger partial charge in [-0.1, -0.05) is 30.7 Å². The van der Waals surface area contributed by atoms with Crippen molar-refractivity contribution in [3.8, 4) is 11.5 Å². The number of benzene rings is 1. The minimum atomic E-state index is -0.553. The molecule has 0 atom stereocenters. The average molecular weight is 455 g/mol. The fourth-order valence-corrected chi connectivity index (χ4v) is 3.68. The third kappa shape index (κ3) is 4.13. The van der Waals surface area contributed by atoms with Crippen LogP contribution < -0.4 is 16.0 Å². The zero-order valence-corrected chi connectivity index (χ0v) is 18.3. The summed E-state index contributed by atoms with van der Waals surface area (Å²) < 4.78 is 22.1. The van der Waals surface area contributed by atoms with E-state index < -0.39 is 17.1 Å². The van der Waals surface area contributed by atoms with Crippen LogP contribution in [0, 0.1) is 5.82 Å². The van der Waals surface area contributed by atoms with Crippen molar-refractivity contribution in [1.82, 2.24) is 19.1 Å². The Kier molecular flexibility index (Phi) is 6.05. The fourth-order valence-electron chi connectivity index (χ4n) is 3.56. The Balaban J connectivity index is 1.98. The van der Waals surface area contributed by atoms with Crippen molar-refractivity contribution in [1.29, 1.82) is 0 Å². The van der Waals surface area contributed by atoms with E-state index in [1.807, 2.05) is 19.1 Å². The van der Waals surface area contributed by atoms with Crippen molar-refractivity contribution in [3.63, 3.8) is 0 Å². The second kappa shape index (κ2) is 8.92. The highest BCUT2D eigenvalue weighted by Gasteiger charge is 2.20. The maximum Gasteiger partial charge on any atom is 0.332 e. The topological polar surface area (TPSA) is 79.0 Å². The Hall–Kier alpha value is -3.52. The van der Waals surface area contributed by atoms with Crippen LogP contribution in [0.5, 0.6) is 11.5 Å². The Labute approximate surface area is 187 Å². The molecule has 0 saturated heterocycles. The summed E-state index contributed by atoms with van der Waals surface area (Å²) in [5.74, 6) is -0.107. The third-order valence-electron chi connectivity index (χ3n) is 5.07. The first-order chi connectivity index (χ1) is 15.4. The molecule has 32 heavy (non-hydrogen) atoms. The van der Waals surface area contributed by atoms with E-state index in [4.69, 9.17) is 16.3 Å². The van der Waals surface area contributed by atoms with Crippen molar-refractivity contribution in [2.24, 2.45) is 7.05 Å². The lowest BCUT2D eigenvalue weighted by Gasteiger charge is -2.16. The summed E-state index contributed by atoms with van der Waals surface area (Å²) in [5.41, 5.74) is 0.786. The van der Waals surface area contributed by atoms with Crippen LogP contribution in [0.4, 0.5) is 4.39 Å². The highest BCUT2D eigenvalue weighted by molar-refractivity contribution is 6.30. The van der Waals surface area contributed by atoms with E-state index in [0.717, 1.165) is 11.8 Å². The van der Waals surface area contributed by atoms with Crippen molar-refractivity contribution in [3.05, 3.63) is 91.7 Å². The predicted molar refractivity (Wildman–Crippen MR) is 120 cm³/mol. The van der Waals surface area contributed by atoms with Gasteiger partial charge < -0.3 is 4.74 Å². The van der Waals surface area contributed by atoms with E-state index in [1.165, 1.54) is 27.6 Å². The minimum absolute atomic E-state index is 0.169. The van der Waals surface area contributed by atoms with Crippen molar-refractivity contribution in [2.75, 3.05) is 0 Å². The van der Waals surface area contributed by atoms with Gasteiger partial charge in [0.2, 0.25) is 0 Å². The molecule has 0 amide bonds. The lowest BCUT2D eigenvalue weighted by Crippen LogP contribution is -2.39. The summed E-state index contributed by atoms with van der Waals surface area (Å²) in [6.07, 6.45) is 4.80. The summed E-state index contributed by atoms with van der Waals surface area (Å²) >= 11 is 6.01. The van der Waals surface area contributed by atoms with Crippen molar-refractivity contribution < 1.29 is 9.13 Å². The SMILES string of the molecule is CCCn1c(=O)c2c(Cc3ccc(Cl)cc3)c(Oc3cncc(F)c3)cnc2n(C)c1=O. The Morgan fingerprint density at radius 3 is 2.56 bits per heavy atom. The van der Waals surface area contributed by atoms with Gasteiger partial charge in [-0.25, -0.2) is 14.2 Å². The monoisotopic (exact) mass is 454 g/mol. The van der Waals surface area contributed by atoms with E-state index in [9.17, 15) is 14.0 Å². The molecule has 0 aliphatic rings. The molecule has 0 saturated carbocycles. The van der Waals surface area contributed by atoms with Gasteiger partial charge in [0.05, 0.1) is 24.0 Å². The molecule has 4 aromatic rings. The number of hydrogen-bond acceptors (Lipinski definition) is 5. The first-order valence-electron chi connectivity index (χ1n) is 10.0. The fraction of sp³-hybridized carbons (Fsp3) is 0.217. The van der Waals surface area contributed by atoms with Crippen LogP contribution in [0.15, 0.2) is 58.5 Å². The van der Waals surface area contributed by atoms with Gasteiger partial charge in [0.25, 0.3) is 5.56 Å². The number of hydrogen-bond donors (Lipinski definition) is 0. The molecule has 0 aliphatic carbocycles. The van der Waals surface area contributed by atoms with Gasteiger partial charge in [0.15, 0.2) is 0 Å². The van der Waals surface area contributed by atoms with E-state index >= 15 is 0 Å². The summed E-state index contributed by atoms with van der Waals surface area (Å²) in [5, 5.41) is 0.862. The van der Waals surface area contributed by atoms with Crippen LogP contribution in [0.2, 0.25) is 5.02 Å². The Morgan fingerprint density at radius 2 is 1.88 bits per heavy atom. The number of aromatic nitrogens is 4. The Morgan fingerprint density at radius 1 is 1.12 bits per heavy atom. The van der Waals surface area contributed by atoms with Gasteiger partial charge in [-0.3, -0.25) is 18.9 Å². The highest BCUT2D eigenvalue weighted by atomic mass is 35.5. The number of rotatable bonds is 6. The quantitative estimate of drug-likeness (QED) is 0.438. The van der Waals surface area contributed by atoms with Gasteiger partial charge in [-0.15, -0.1) is 0 Å². The van der Waals surface area contributed by atoms with E-state index in [1.54, 1.807) is 19.2 Å². The second-order valence-electron chi connectivity index (χ2n) is 7.34. The molecule has 0 aliphatic heterocycles. The molecule has 7 nitrogen and oxygen atoms in total. The lowest BCUT2D eigenvalue weighted by molar-refractivity contribution is 0.466. The average Bonchev–Trinajstić information content (AvgIpc) is 2.77. The molecule has 1 aromatic carbocycles. The predicted octanol–water partition coefficient (Wildman–Crippen LogP) is 4.08. The lowest BCUT2D eigenvalue weighted by atomic mass is 10.0. The van der Waals surface area contributed by atoms with Gasteiger partial charge in [-0.05, 0) is 24.1 Å². The number of halogens is 2. The minimum Gasteiger partial charge on any atom is -0.454 e. The van der Waals surface area contributed by atoms with Crippen LogP contribution in [0.25, 0.3) is 11.0 Å². The maximum atomic E-state index is 13.6. The number of aryl methyl sites for hydroxylation is 1.